The molecule has 2 unspecified atom stereocenters. The highest BCUT2D eigenvalue weighted by Gasteiger charge is 2.22. The number of unbranched alkanes of at least 4 members (excludes halogenated alkanes) is 23. The second kappa shape index (κ2) is 67.0. The molecule has 2 atom stereocenters. The fourth-order valence-corrected chi connectivity index (χ4v) is 9.96. The number of likely N-dealkylation sites (N-methyl/N-ethyl adjacent to an activating group) is 1. The van der Waals surface area contributed by atoms with Crippen LogP contribution in [0, 0.1) is 0 Å². The van der Waals surface area contributed by atoms with E-state index in [0.717, 1.165) is 135 Å². The highest BCUT2D eigenvalue weighted by atomic mass is 31.2. The zero-order valence-corrected chi connectivity index (χ0v) is 57.8. The first-order valence-corrected chi connectivity index (χ1v) is 36.7. The summed E-state index contributed by atoms with van der Waals surface area (Å²) in [5.41, 5.74) is 0. The van der Waals surface area contributed by atoms with Crippen molar-refractivity contribution in [2.24, 2.45) is 0 Å². The molecule has 0 amide bonds. The van der Waals surface area contributed by atoms with Gasteiger partial charge in [0.05, 0.1) is 27.7 Å². The van der Waals surface area contributed by atoms with Gasteiger partial charge in [0.15, 0.2) is 6.10 Å². The standard InChI is InChI=1S/C78H130NO8P/c1-6-8-10-12-14-16-18-20-22-24-26-28-30-32-34-36-37-38-39-40-41-43-45-47-49-51-53-55-57-59-61-63-65-67-69-71-78(81)87-76(75-86-88(82,83)85-73-72-79(3,4)5)74-84-77(80)70-68-66-64-62-60-58-56-54-52-50-48-46-44-42-35-33-31-29-27-25-23-21-19-17-15-13-11-9-7-2/h8-11,14-17,20-23,26-29,32,34,37-38,40-41,45,47,51,53,76H,6-7,12-13,18-19,24-25,30-31,33,35-36,39,42-44,46,48-50,52,54-75H2,1-5H3/b10-8-,11-9-,16-14-,17-15-,22-20-,23-21-,28-26-,29-27-,34-32-,38-37-,41-40-,47-45-,53-51-. The summed E-state index contributed by atoms with van der Waals surface area (Å²) in [4.78, 5) is 38.1. The van der Waals surface area contributed by atoms with E-state index in [4.69, 9.17) is 18.5 Å². The van der Waals surface area contributed by atoms with E-state index in [0.29, 0.717) is 17.4 Å². The van der Waals surface area contributed by atoms with E-state index in [1.165, 1.54) is 103 Å². The Labute approximate surface area is 541 Å². The van der Waals surface area contributed by atoms with E-state index in [2.05, 4.69) is 172 Å². The smallest absolute Gasteiger partial charge is 0.306 e. The van der Waals surface area contributed by atoms with Crippen molar-refractivity contribution >= 4 is 19.8 Å². The Hall–Kier alpha value is -4.37. The average Bonchev–Trinajstić information content (AvgIpc) is 3.57. The number of nitrogens with zero attached hydrogens (tertiary/aromatic N) is 1. The normalized spacial score (nSPS) is 14.1. The lowest BCUT2D eigenvalue weighted by atomic mass is 10.0. The van der Waals surface area contributed by atoms with Crippen LogP contribution < -0.4 is 4.89 Å². The Morgan fingerprint density at radius 1 is 0.352 bits per heavy atom. The van der Waals surface area contributed by atoms with Gasteiger partial charge in [0, 0.05) is 12.8 Å². The number of allylic oxidation sites excluding steroid dienone is 26. The quantitative estimate of drug-likeness (QED) is 0.0195. The monoisotopic (exact) mass is 1240 g/mol. The van der Waals surface area contributed by atoms with Crippen molar-refractivity contribution in [1.82, 2.24) is 0 Å². The van der Waals surface area contributed by atoms with Crippen molar-refractivity contribution < 1.29 is 42.1 Å². The van der Waals surface area contributed by atoms with Crippen LogP contribution in [0.2, 0.25) is 0 Å². The van der Waals surface area contributed by atoms with Crippen LogP contribution in [0.3, 0.4) is 0 Å². The van der Waals surface area contributed by atoms with E-state index in [9.17, 15) is 19.0 Å². The molecule has 0 rings (SSSR count). The van der Waals surface area contributed by atoms with E-state index >= 15 is 0 Å². The van der Waals surface area contributed by atoms with Gasteiger partial charge in [-0.25, -0.2) is 0 Å². The first-order valence-electron chi connectivity index (χ1n) is 35.2. The van der Waals surface area contributed by atoms with E-state index < -0.39 is 26.5 Å². The van der Waals surface area contributed by atoms with Gasteiger partial charge in [0.1, 0.15) is 19.8 Å². The zero-order chi connectivity index (χ0) is 64.1. The van der Waals surface area contributed by atoms with Crippen molar-refractivity contribution in [3.05, 3.63) is 158 Å². The van der Waals surface area contributed by atoms with Crippen molar-refractivity contribution in [1.29, 1.82) is 0 Å². The summed E-state index contributed by atoms with van der Waals surface area (Å²) in [6, 6.07) is 0. The fraction of sp³-hybridized carbons (Fsp3) is 0.641. The third kappa shape index (κ3) is 70.7. The van der Waals surface area contributed by atoms with Crippen molar-refractivity contribution in [2.75, 3.05) is 47.5 Å². The number of esters is 2. The SMILES string of the molecule is CC/C=C\C/C=C\C/C=C\C/C=C\C/C=C\C/C=C\C/C=C\C/C=C\C/C=C\CCCCCCCCCC(=O)OC(COC(=O)CCCCCCCCCCCCCCCCCC/C=C\C/C=C\C/C=C\C/C=C\CC)COP(=O)([O-])OCC[N+](C)(C)C. The molecule has 0 bridgehead atoms. The number of phosphoric acid groups is 1. The lowest BCUT2D eigenvalue weighted by Crippen LogP contribution is -2.37. The molecule has 500 valence electrons. The predicted octanol–water partition coefficient (Wildman–Crippen LogP) is 22.5. The number of ether oxygens (including phenoxy) is 2. The van der Waals surface area contributed by atoms with Crippen LogP contribution >= 0.6 is 7.82 Å². The second-order valence-corrected chi connectivity index (χ2v) is 25.5. The van der Waals surface area contributed by atoms with E-state index in [1.54, 1.807) is 0 Å². The summed E-state index contributed by atoms with van der Waals surface area (Å²) < 4.78 is 34.3. The third-order valence-electron chi connectivity index (χ3n) is 14.5. The van der Waals surface area contributed by atoms with Gasteiger partial charge in [0.2, 0.25) is 0 Å². The van der Waals surface area contributed by atoms with Crippen LogP contribution in [-0.2, 0) is 32.7 Å². The molecule has 0 fully saturated rings. The molecule has 0 aromatic rings. The molecule has 10 heteroatoms. The van der Waals surface area contributed by atoms with Gasteiger partial charge in [-0.1, -0.05) is 294 Å². The molecule has 0 aliphatic carbocycles. The Kier molecular flexibility index (Phi) is 63.7. The largest absolute Gasteiger partial charge is 0.756 e. The van der Waals surface area contributed by atoms with Crippen LogP contribution in [0.15, 0.2) is 158 Å². The molecule has 0 saturated carbocycles. The molecule has 0 heterocycles. The molecule has 0 aliphatic heterocycles. The molecule has 0 aromatic carbocycles. The van der Waals surface area contributed by atoms with Crippen LogP contribution in [0.4, 0.5) is 0 Å². The highest BCUT2D eigenvalue weighted by Crippen LogP contribution is 2.38. The van der Waals surface area contributed by atoms with Crippen LogP contribution in [-0.4, -0.2) is 70.0 Å². The molecule has 0 spiro atoms. The summed E-state index contributed by atoms with van der Waals surface area (Å²) in [5.74, 6) is -0.850. The summed E-state index contributed by atoms with van der Waals surface area (Å²) in [5, 5.41) is 0. The summed E-state index contributed by atoms with van der Waals surface area (Å²) in [7, 11) is 1.14. The molecule has 88 heavy (non-hydrogen) atoms. The summed E-state index contributed by atoms with van der Waals surface area (Å²) in [6.07, 6.45) is 100. The molecule has 0 saturated heterocycles. The number of hydrogen-bond donors (Lipinski definition) is 0. The number of rotatable bonds is 63. The lowest BCUT2D eigenvalue weighted by Gasteiger charge is -2.28. The number of carbonyl (C=O) groups excluding carboxylic acids is 2. The number of quaternary nitrogens is 1. The van der Waals surface area contributed by atoms with Gasteiger partial charge in [-0.2, -0.15) is 0 Å². The maximum atomic E-state index is 12.9. The lowest BCUT2D eigenvalue weighted by molar-refractivity contribution is -0.870. The third-order valence-corrected chi connectivity index (χ3v) is 15.5. The molecular weight excluding hydrogens is 1110 g/mol. The van der Waals surface area contributed by atoms with Gasteiger partial charge < -0.3 is 27.9 Å². The predicted molar refractivity (Wildman–Crippen MR) is 378 cm³/mol. The first kappa shape index (κ1) is 83.6. The molecule has 0 radical (unpaired) electrons. The zero-order valence-electron chi connectivity index (χ0n) is 56.9. The Morgan fingerprint density at radius 2 is 0.614 bits per heavy atom. The van der Waals surface area contributed by atoms with Gasteiger partial charge in [-0.15, -0.1) is 0 Å². The maximum Gasteiger partial charge on any atom is 0.306 e. The molecule has 0 aliphatic rings. The average molecular weight is 1240 g/mol. The van der Waals surface area contributed by atoms with Crippen molar-refractivity contribution in [2.45, 2.75) is 277 Å². The Bertz CT molecular complexity index is 2040. The van der Waals surface area contributed by atoms with E-state index in [-0.39, 0.29) is 32.0 Å². The Morgan fingerprint density at radius 3 is 0.909 bits per heavy atom. The fourth-order valence-electron chi connectivity index (χ4n) is 9.23. The van der Waals surface area contributed by atoms with Crippen molar-refractivity contribution in [3.8, 4) is 0 Å². The van der Waals surface area contributed by atoms with Crippen LogP contribution in [0.5, 0.6) is 0 Å². The van der Waals surface area contributed by atoms with Crippen LogP contribution in [0.1, 0.15) is 271 Å². The maximum absolute atomic E-state index is 12.9. The summed E-state index contributed by atoms with van der Waals surface area (Å²) >= 11 is 0. The van der Waals surface area contributed by atoms with Gasteiger partial charge in [-0.05, 0) is 122 Å². The topological polar surface area (TPSA) is 111 Å². The minimum absolute atomic E-state index is 0.0404. The first-order chi connectivity index (χ1) is 43.0. The number of phosphoric ester groups is 1. The van der Waals surface area contributed by atoms with E-state index in [1.807, 2.05) is 21.1 Å². The summed E-state index contributed by atoms with van der Waals surface area (Å²) in [6.45, 7) is 4.00. The molecule has 9 nitrogen and oxygen atoms in total. The minimum atomic E-state index is -4.66. The minimum Gasteiger partial charge on any atom is -0.756 e. The highest BCUT2D eigenvalue weighted by molar-refractivity contribution is 7.45. The van der Waals surface area contributed by atoms with Crippen LogP contribution in [0.25, 0.3) is 0 Å². The number of hydrogen-bond acceptors (Lipinski definition) is 8. The second-order valence-electron chi connectivity index (χ2n) is 24.1. The Balaban J connectivity index is 4.13. The van der Waals surface area contributed by atoms with Crippen molar-refractivity contribution in [3.63, 3.8) is 0 Å². The molecule has 0 N–H and O–H groups in total. The number of carbonyl (C=O) groups is 2. The molecular formula is C78H130NO8P. The molecule has 0 aromatic heterocycles. The van der Waals surface area contributed by atoms with Gasteiger partial charge in [0.25, 0.3) is 7.82 Å². The van der Waals surface area contributed by atoms with Gasteiger partial charge in [-0.3, -0.25) is 14.2 Å². The van der Waals surface area contributed by atoms with Gasteiger partial charge >= 0.3 is 11.9 Å².